The van der Waals surface area contributed by atoms with E-state index in [0.29, 0.717) is 0 Å². The first-order valence-corrected chi connectivity index (χ1v) is 3.36. The van der Waals surface area contributed by atoms with Crippen LogP contribution in [0.1, 0.15) is 13.3 Å². The van der Waals surface area contributed by atoms with Gasteiger partial charge in [-0.1, -0.05) is 6.92 Å². The van der Waals surface area contributed by atoms with Gasteiger partial charge in [-0.25, -0.2) is 0 Å². The van der Waals surface area contributed by atoms with Crippen molar-refractivity contribution in [3.8, 4) is 0 Å². The summed E-state index contributed by atoms with van der Waals surface area (Å²) in [6.45, 7) is 1.69. The molecule has 0 saturated heterocycles. The van der Waals surface area contributed by atoms with Crippen molar-refractivity contribution in [2.24, 2.45) is 5.92 Å². The Bertz CT molecular complexity index is 238. The van der Waals surface area contributed by atoms with Crippen LogP contribution in [0.15, 0.2) is 0 Å². The lowest BCUT2D eigenvalue weighted by Gasteiger charge is -2.21. The Balaban J connectivity index is 2.96. The van der Waals surface area contributed by atoms with Gasteiger partial charge in [0.05, 0.1) is 22.8 Å². The van der Waals surface area contributed by atoms with Gasteiger partial charge >= 0.3 is 0 Å². The molecule has 4 heteroatoms. The molecule has 4 N–H and O–H groups in total. The van der Waals surface area contributed by atoms with Crippen molar-refractivity contribution >= 4 is 22.8 Å². The number of hydrogen-bond acceptors (Lipinski definition) is 4. The zero-order chi connectivity index (χ0) is 8.59. The van der Waals surface area contributed by atoms with Crippen LogP contribution in [-0.2, 0) is 0 Å². The third-order valence-corrected chi connectivity index (χ3v) is 1.87. The lowest BCUT2D eigenvalue weighted by molar-refractivity contribution is 1.03. The van der Waals surface area contributed by atoms with Crippen molar-refractivity contribution in [2.45, 2.75) is 13.3 Å². The second kappa shape index (κ2) is 2.38. The van der Waals surface area contributed by atoms with Crippen molar-refractivity contribution in [1.29, 1.82) is 21.6 Å². The standard InChI is InChI=1S/C7H10N4/c1-3-6(10)4(8)2-5(9)7(3)11/h3,8-11H,2H2,1H3. The molecule has 0 amide bonds. The Morgan fingerprint density at radius 2 is 1.36 bits per heavy atom. The second-order valence-corrected chi connectivity index (χ2v) is 2.68. The number of hydrogen-bond donors (Lipinski definition) is 4. The highest BCUT2D eigenvalue weighted by Gasteiger charge is 2.27. The Hall–Kier alpha value is -1.32. The Morgan fingerprint density at radius 3 is 1.73 bits per heavy atom. The van der Waals surface area contributed by atoms with Crippen LogP contribution in [0.4, 0.5) is 0 Å². The van der Waals surface area contributed by atoms with E-state index in [4.69, 9.17) is 21.6 Å². The maximum atomic E-state index is 7.36. The molecule has 0 heterocycles. The molecule has 0 atom stereocenters. The molecule has 0 radical (unpaired) electrons. The summed E-state index contributed by atoms with van der Waals surface area (Å²) >= 11 is 0. The maximum absolute atomic E-state index is 7.36. The summed E-state index contributed by atoms with van der Waals surface area (Å²) in [7, 11) is 0. The lowest BCUT2D eigenvalue weighted by Crippen LogP contribution is -2.38. The Morgan fingerprint density at radius 1 is 1.00 bits per heavy atom. The molecule has 58 valence electrons. The molecule has 0 aromatic carbocycles. The molecule has 11 heavy (non-hydrogen) atoms. The summed E-state index contributed by atoms with van der Waals surface area (Å²) in [5, 5.41) is 29.3. The zero-order valence-electron chi connectivity index (χ0n) is 6.28. The van der Waals surface area contributed by atoms with Crippen molar-refractivity contribution in [1.82, 2.24) is 0 Å². The minimum atomic E-state index is -0.358. The predicted octanol–water partition coefficient (Wildman–Crippen LogP) is 1.11. The molecule has 1 fully saturated rings. The largest absolute Gasteiger partial charge is 0.303 e. The summed E-state index contributed by atoms with van der Waals surface area (Å²) in [4.78, 5) is 0. The molecule has 0 aromatic rings. The summed E-state index contributed by atoms with van der Waals surface area (Å²) in [5.74, 6) is -0.358. The van der Waals surface area contributed by atoms with Crippen molar-refractivity contribution < 1.29 is 0 Å². The maximum Gasteiger partial charge on any atom is 0.0613 e. The van der Waals surface area contributed by atoms with Crippen LogP contribution in [0.25, 0.3) is 0 Å². The fourth-order valence-corrected chi connectivity index (χ4v) is 1.03. The molecule has 0 aliphatic heterocycles. The van der Waals surface area contributed by atoms with Crippen LogP contribution in [-0.4, -0.2) is 22.8 Å². The van der Waals surface area contributed by atoms with E-state index in [0.717, 1.165) is 0 Å². The van der Waals surface area contributed by atoms with Gasteiger partial charge in [-0.2, -0.15) is 0 Å². The molecular formula is C7H10N4. The molecule has 1 saturated carbocycles. The monoisotopic (exact) mass is 150 g/mol. The number of rotatable bonds is 0. The van der Waals surface area contributed by atoms with Crippen LogP contribution in [0.3, 0.4) is 0 Å². The molecule has 1 aliphatic carbocycles. The highest BCUT2D eigenvalue weighted by Crippen LogP contribution is 2.11. The zero-order valence-corrected chi connectivity index (χ0v) is 6.28. The fourth-order valence-electron chi connectivity index (χ4n) is 1.03. The van der Waals surface area contributed by atoms with Gasteiger partial charge in [0.15, 0.2) is 0 Å². The minimum absolute atomic E-state index is 0.155. The number of nitrogens with one attached hydrogen (secondary N) is 4. The van der Waals surface area contributed by atoms with Crippen molar-refractivity contribution in [3.05, 3.63) is 0 Å². The smallest absolute Gasteiger partial charge is 0.0613 e. The molecule has 0 unspecified atom stereocenters. The van der Waals surface area contributed by atoms with Gasteiger partial charge < -0.3 is 21.6 Å². The van der Waals surface area contributed by atoms with Crippen LogP contribution in [0.5, 0.6) is 0 Å². The van der Waals surface area contributed by atoms with Crippen LogP contribution in [0.2, 0.25) is 0 Å². The predicted molar refractivity (Wildman–Crippen MR) is 44.7 cm³/mol. The molecule has 1 aliphatic rings. The molecule has 4 nitrogen and oxygen atoms in total. The summed E-state index contributed by atoms with van der Waals surface area (Å²) < 4.78 is 0. The molecule has 1 rings (SSSR count). The highest BCUT2D eigenvalue weighted by molar-refractivity contribution is 6.61. The normalized spacial score (nSPS) is 26.1. The Labute approximate surface area is 64.7 Å². The molecule has 0 bridgehead atoms. The van der Waals surface area contributed by atoms with Gasteiger partial charge in [0, 0.05) is 12.3 Å². The molecule has 0 aromatic heterocycles. The first-order valence-electron chi connectivity index (χ1n) is 3.36. The first kappa shape index (κ1) is 7.78. The molecular weight excluding hydrogens is 140 g/mol. The third-order valence-electron chi connectivity index (χ3n) is 1.87. The average molecular weight is 150 g/mol. The first-order chi connectivity index (χ1) is 5.04. The topological polar surface area (TPSA) is 95.4 Å². The van der Waals surface area contributed by atoms with E-state index >= 15 is 0 Å². The highest BCUT2D eigenvalue weighted by atomic mass is 14.6. The van der Waals surface area contributed by atoms with Gasteiger partial charge in [0.1, 0.15) is 0 Å². The van der Waals surface area contributed by atoms with E-state index in [-0.39, 0.29) is 35.2 Å². The fraction of sp³-hybridized carbons (Fsp3) is 0.429. The van der Waals surface area contributed by atoms with Crippen molar-refractivity contribution in [2.75, 3.05) is 0 Å². The van der Waals surface area contributed by atoms with Crippen LogP contribution >= 0.6 is 0 Å². The van der Waals surface area contributed by atoms with Gasteiger partial charge in [-0.05, 0) is 0 Å². The summed E-state index contributed by atoms with van der Waals surface area (Å²) in [5.41, 5.74) is 0.731. The Kier molecular flexibility index (Phi) is 1.68. The SMILES string of the molecule is CC1C(=N)C(=N)CC(=N)C1=N. The van der Waals surface area contributed by atoms with Crippen molar-refractivity contribution in [3.63, 3.8) is 0 Å². The van der Waals surface area contributed by atoms with E-state index in [2.05, 4.69) is 0 Å². The van der Waals surface area contributed by atoms with Gasteiger partial charge in [0.2, 0.25) is 0 Å². The minimum Gasteiger partial charge on any atom is -0.303 e. The summed E-state index contributed by atoms with van der Waals surface area (Å²) in [6, 6.07) is 0. The molecule has 0 spiro atoms. The summed E-state index contributed by atoms with van der Waals surface area (Å²) in [6.07, 6.45) is 0.155. The van der Waals surface area contributed by atoms with Crippen LogP contribution < -0.4 is 0 Å². The van der Waals surface area contributed by atoms with E-state index in [9.17, 15) is 0 Å². The third kappa shape index (κ3) is 1.11. The van der Waals surface area contributed by atoms with Gasteiger partial charge in [0.25, 0.3) is 0 Å². The van der Waals surface area contributed by atoms with Gasteiger partial charge in [-0.15, -0.1) is 0 Å². The van der Waals surface area contributed by atoms with E-state index < -0.39 is 0 Å². The second-order valence-electron chi connectivity index (χ2n) is 2.68. The van der Waals surface area contributed by atoms with E-state index in [1.807, 2.05) is 0 Å². The average Bonchev–Trinajstić information content (AvgIpc) is 1.97. The van der Waals surface area contributed by atoms with Crippen LogP contribution in [0, 0.1) is 27.6 Å². The van der Waals surface area contributed by atoms with E-state index in [1.165, 1.54) is 0 Å². The van der Waals surface area contributed by atoms with Gasteiger partial charge in [-0.3, -0.25) is 0 Å². The van der Waals surface area contributed by atoms with E-state index in [1.54, 1.807) is 6.92 Å². The lowest BCUT2D eigenvalue weighted by atomic mass is 9.84. The quantitative estimate of drug-likeness (QED) is 0.398.